The highest BCUT2D eigenvalue weighted by atomic mass is 15.3. The molecule has 2 N–H and O–H groups in total. The quantitative estimate of drug-likeness (QED) is 0.446. The van der Waals surface area contributed by atoms with Crippen LogP contribution in [0.4, 0.5) is 0 Å². The first-order valence-corrected chi connectivity index (χ1v) is 11.8. The summed E-state index contributed by atoms with van der Waals surface area (Å²) in [6, 6.07) is 6.68. The maximum absolute atomic E-state index is 6.78. The van der Waals surface area contributed by atoms with Crippen molar-refractivity contribution in [2.75, 3.05) is 46.3 Å². The summed E-state index contributed by atoms with van der Waals surface area (Å²) in [5.41, 5.74) is 15.6. The van der Waals surface area contributed by atoms with E-state index in [1.54, 1.807) is 0 Å². The number of nitrogens with zero attached hydrogens (tertiary/aromatic N) is 4. The highest BCUT2D eigenvalue weighted by molar-refractivity contribution is 5.99. The lowest BCUT2D eigenvalue weighted by Crippen LogP contribution is -2.48. The Morgan fingerprint density at radius 3 is 2.56 bits per heavy atom. The zero-order chi connectivity index (χ0) is 22.7. The minimum atomic E-state index is 0.765. The van der Waals surface area contributed by atoms with Crippen molar-refractivity contribution in [2.45, 2.75) is 32.6 Å². The molecule has 5 nitrogen and oxygen atoms in total. The molecule has 0 bridgehead atoms. The number of piperazine rings is 1. The van der Waals surface area contributed by atoms with Crippen LogP contribution in [-0.4, -0.2) is 66.9 Å². The molecule has 3 aliphatic rings. The SMILES string of the molecule is C=CC(=C)N1CCN(/C(=N/C)C2=C(N)CN(C3=CCCc4cccc(C)c43)CCC2)CC1. The fourth-order valence-corrected chi connectivity index (χ4v) is 5.31. The molecule has 5 heteroatoms. The molecule has 4 rings (SSSR count). The molecule has 0 aromatic heterocycles. The van der Waals surface area contributed by atoms with Crippen molar-refractivity contribution < 1.29 is 0 Å². The Labute approximate surface area is 193 Å². The maximum atomic E-state index is 6.78. The highest BCUT2D eigenvalue weighted by Crippen LogP contribution is 2.33. The second-order valence-corrected chi connectivity index (χ2v) is 8.98. The molecule has 1 aromatic rings. The number of fused-ring (bicyclic) bond motifs is 1. The van der Waals surface area contributed by atoms with E-state index in [-0.39, 0.29) is 0 Å². The molecule has 170 valence electrons. The Morgan fingerprint density at radius 1 is 1.09 bits per heavy atom. The maximum Gasteiger partial charge on any atom is 0.128 e. The van der Waals surface area contributed by atoms with Crippen molar-refractivity contribution in [3.63, 3.8) is 0 Å². The van der Waals surface area contributed by atoms with Crippen LogP contribution in [-0.2, 0) is 6.42 Å². The fraction of sp³-hybridized carbons (Fsp3) is 0.444. The van der Waals surface area contributed by atoms with Crippen LogP contribution in [0.5, 0.6) is 0 Å². The Balaban J connectivity index is 1.53. The molecule has 1 fully saturated rings. The van der Waals surface area contributed by atoms with E-state index in [1.807, 2.05) is 13.1 Å². The third kappa shape index (κ3) is 4.34. The lowest BCUT2D eigenvalue weighted by atomic mass is 9.90. The van der Waals surface area contributed by atoms with Gasteiger partial charge in [-0.3, -0.25) is 4.99 Å². The first kappa shape index (κ1) is 22.3. The molecule has 0 spiro atoms. The Morgan fingerprint density at radius 2 is 1.84 bits per heavy atom. The van der Waals surface area contributed by atoms with Crippen LogP contribution in [0, 0.1) is 6.92 Å². The van der Waals surface area contributed by atoms with Crippen LogP contribution in [0.15, 0.2) is 65.5 Å². The molecule has 0 amide bonds. The predicted molar refractivity (Wildman–Crippen MR) is 135 cm³/mol. The van der Waals surface area contributed by atoms with Gasteiger partial charge in [0, 0.05) is 68.0 Å². The van der Waals surface area contributed by atoms with Crippen molar-refractivity contribution in [2.24, 2.45) is 10.7 Å². The molecular weight excluding hydrogens is 394 g/mol. The second-order valence-electron chi connectivity index (χ2n) is 8.98. The van der Waals surface area contributed by atoms with Crippen molar-refractivity contribution in [3.8, 4) is 0 Å². The topological polar surface area (TPSA) is 48.1 Å². The van der Waals surface area contributed by atoms with Gasteiger partial charge in [0.25, 0.3) is 0 Å². The molecule has 32 heavy (non-hydrogen) atoms. The number of allylic oxidation sites excluding steroid dienone is 2. The van der Waals surface area contributed by atoms with E-state index < -0.39 is 0 Å². The van der Waals surface area contributed by atoms with Gasteiger partial charge in [-0.1, -0.05) is 37.4 Å². The monoisotopic (exact) mass is 431 g/mol. The van der Waals surface area contributed by atoms with Crippen molar-refractivity contribution in [1.29, 1.82) is 0 Å². The zero-order valence-electron chi connectivity index (χ0n) is 19.7. The summed E-state index contributed by atoms with van der Waals surface area (Å²) in [6.07, 6.45) is 8.53. The van der Waals surface area contributed by atoms with Gasteiger partial charge >= 0.3 is 0 Å². The predicted octanol–water partition coefficient (Wildman–Crippen LogP) is 3.94. The van der Waals surface area contributed by atoms with Gasteiger partial charge in [-0.05, 0) is 49.8 Å². The van der Waals surface area contributed by atoms with Gasteiger partial charge in [-0.25, -0.2) is 0 Å². The van der Waals surface area contributed by atoms with Gasteiger partial charge in [0.05, 0.1) is 6.54 Å². The van der Waals surface area contributed by atoms with Crippen LogP contribution < -0.4 is 5.73 Å². The minimum Gasteiger partial charge on any atom is -0.400 e. The molecule has 0 radical (unpaired) electrons. The number of hydrogen-bond acceptors (Lipinski definition) is 4. The average molecular weight is 432 g/mol. The summed E-state index contributed by atoms with van der Waals surface area (Å²) in [4.78, 5) is 11.9. The standard InChI is InChI=1S/C27H37N5/c1-5-21(3)30-15-17-31(18-16-30)27(29-4)23-12-8-14-32(19-24(23)28)25-13-7-11-22-10-6-9-20(2)26(22)25/h5-6,9-10,13H,1,3,7-8,11-12,14-19,28H2,2,4H3/b29-27+. The molecule has 0 atom stereocenters. The van der Waals surface area contributed by atoms with Crippen molar-refractivity contribution in [3.05, 3.63) is 77.2 Å². The van der Waals surface area contributed by atoms with E-state index in [0.717, 1.165) is 82.2 Å². The van der Waals surface area contributed by atoms with Crippen molar-refractivity contribution in [1.82, 2.24) is 14.7 Å². The fourth-order valence-electron chi connectivity index (χ4n) is 5.31. The smallest absolute Gasteiger partial charge is 0.128 e. The average Bonchev–Trinajstić information content (AvgIpc) is 3.01. The molecule has 2 aliphatic heterocycles. The Bertz CT molecular complexity index is 976. The summed E-state index contributed by atoms with van der Waals surface area (Å²) in [6.45, 7) is 15.7. The first-order chi connectivity index (χ1) is 15.5. The van der Waals surface area contributed by atoms with Crippen LogP contribution in [0.1, 0.15) is 36.0 Å². The number of hydrogen-bond donors (Lipinski definition) is 1. The van der Waals surface area contributed by atoms with Crippen LogP contribution in [0.25, 0.3) is 5.70 Å². The second kappa shape index (κ2) is 9.68. The Hall–Kier alpha value is -2.95. The molecule has 2 heterocycles. The number of benzene rings is 1. The third-order valence-corrected chi connectivity index (χ3v) is 7.01. The van der Waals surface area contributed by atoms with E-state index in [4.69, 9.17) is 10.7 Å². The number of aryl methyl sites for hydroxylation is 2. The lowest BCUT2D eigenvalue weighted by molar-refractivity contribution is 0.227. The zero-order valence-corrected chi connectivity index (χ0v) is 19.7. The third-order valence-electron chi connectivity index (χ3n) is 7.01. The van der Waals surface area contributed by atoms with Crippen LogP contribution >= 0.6 is 0 Å². The van der Waals surface area contributed by atoms with E-state index in [1.165, 1.54) is 28.0 Å². The van der Waals surface area contributed by atoms with E-state index in [0.29, 0.717) is 0 Å². The minimum absolute atomic E-state index is 0.765. The summed E-state index contributed by atoms with van der Waals surface area (Å²) >= 11 is 0. The molecule has 1 aliphatic carbocycles. The molecule has 1 saturated heterocycles. The van der Waals surface area contributed by atoms with Gasteiger partial charge in [-0.15, -0.1) is 0 Å². The lowest BCUT2D eigenvalue weighted by Gasteiger charge is -2.38. The molecular formula is C27H37N5. The summed E-state index contributed by atoms with van der Waals surface area (Å²) in [5.74, 6) is 1.07. The van der Waals surface area contributed by atoms with E-state index >= 15 is 0 Å². The van der Waals surface area contributed by atoms with Gasteiger partial charge in [0.15, 0.2) is 0 Å². The van der Waals surface area contributed by atoms with Gasteiger partial charge < -0.3 is 20.4 Å². The van der Waals surface area contributed by atoms with Crippen LogP contribution in [0.3, 0.4) is 0 Å². The number of amidine groups is 1. The number of nitrogens with two attached hydrogens (primary N) is 1. The van der Waals surface area contributed by atoms with E-state index in [9.17, 15) is 0 Å². The van der Waals surface area contributed by atoms with Gasteiger partial charge in [-0.2, -0.15) is 0 Å². The highest BCUT2D eigenvalue weighted by Gasteiger charge is 2.27. The largest absolute Gasteiger partial charge is 0.400 e. The van der Waals surface area contributed by atoms with Gasteiger partial charge in [0.1, 0.15) is 5.84 Å². The summed E-state index contributed by atoms with van der Waals surface area (Å²) in [7, 11) is 1.90. The van der Waals surface area contributed by atoms with Crippen LogP contribution in [0.2, 0.25) is 0 Å². The number of aliphatic imine (C=N–C) groups is 1. The van der Waals surface area contributed by atoms with Crippen molar-refractivity contribution >= 4 is 11.5 Å². The number of rotatable bonds is 4. The van der Waals surface area contributed by atoms with Gasteiger partial charge in [0.2, 0.25) is 0 Å². The Kier molecular flexibility index (Phi) is 6.73. The summed E-state index contributed by atoms with van der Waals surface area (Å²) < 4.78 is 0. The molecule has 1 aromatic carbocycles. The summed E-state index contributed by atoms with van der Waals surface area (Å²) in [5, 5.41) is 0. The molecule has 0 unspecified atom stereocenters. The van der Waals surface area contributed by atoms with E-state index in [2.05, 4.69) is 59.1 Å². The first-order valence-electron chi connectivity index (χ1n) is 11.8. The normalized spacial score (nSPS) is 20.0. The molecule has 0 saturated carbocycles.